The van der Waals surface area contributed by atoms with Gasteiger partial charge < -0.3 is 0 Å². The van der Waals surface area contributed by atoms with Gasteiger partial charge in [0.05, 0.1) is 0 Å². The second kappa shape index (κ2) is 4.78. The van der Waals surface area contributed by atoms with E-state index in [-0.39, 0.29) is 0 Å². The molecule has 0 atom stereocenters. The molecule has 0 spiro atoms. The Morgan fingerprint density at radius 2 is 2.18 bits per heavy atom. The van der Waals surface area contributed by atoms with Gasteiger partial charge in [-0.2, -0.15) is 0 Å². The van der Waals surface area contributed by atoms with E-state index >= 15 is 0 Å². The molecule has 2 heteroatoms. The largest absolute Gasteiger partial charge is 0.300 e. The summed E-state index contributed by atoms with van der Waals surface area (Å²) in [5, 5.41) is 0. The Bertz CT molecular complexity index is 130. The molecule has 0 unspecified atom stereocenters. The summed E-state index contributed by atoms with van der Waals surface area (Å²) in [5.74, 6) is 0.637. The van der Waals surface area contributed by atoms with E-state index in [0.717, 1.165) is 12.6 Å². The van der Waals surface area contributed by atoms with Crippen molar-refractivity contribution in [3.63, 3.8) is 0 Å². The third-order valence-electron chi connectivity index (χ3n) is 2.35. The number of hydrogen-bond donors (Lipinski definition) is 0. The average Bonchev–Trinajstić information content (AvgIpc) is 1.84. The van der Waals surface area contributed by atoms with Crippen molar-refractivity contribution in [3.8, 4) is 0 Å². The van der Waals surface area contributed by atoms with Gasteiger partial charge in [-0.1, -0.05) is 18.6 Å². The van der Waals surface area contributed by atoms with Gasteiger partial charge in [0.1, 0.15) is 0 Å². The maximum atomic E-state index is 5.51. The minimum absolute atomic E-state index is 0.637. The lowest BCUT2D eigenvalue weighted by Gasteiger charge is -2.33. The van der Waals surface area contributed by atoms with Gasteiger partial charge in [0.15, 0.2) is 0 Å². The molecule has 0 radical (unpaired) electrons. The lowest BCUT2D eigenvalue weighted by molar-refractivity contribution is 0.175. The Morgan fingerprint density at radius 1 is 1.45 bits per heavy atom. The van der Waals surface area contributed by atoms with Gasteiger partial charge >= 0.3 is 0 Å². The fourth-order valence-electron chi connectivity index (χ4n) is 1.28. The zero-order chi connectivity index (χ0) is 8.10. The fourth-order valence-corrected chi connectivity index (χ4v) is 1.41. The lowest BCUT2D eigenvalue weighted by Crippen LogP contribution is -2.37. The van der Waals surface area contributed by atoms with Crippen LogP contribution < -0.4 is 0 Å². The van der Waals surface area contributed by atoms with Crippen molar-refractivity contribution in [2.24, 2.45) is 0 Å². The van der Waals surface area contributed by atoms with Gasteiger partial charge in [-0.15, -0.1) is 11.6 Å². The molecule has 0 aromatic heterocycles. The molecule has 1 fully saturated rings. The summed E-state index contributed by atoms with van der Waals surface area (Å²) < 4.78 is 0. The highest BCUT2D eigenvalue weighted by Gasteiger charge is 2.20. The molecule has 0 aromatic rings. The second-order valence-corrected chi connectivity index (χ2v) is 3.46. The van der Waals surface area contributed by atoms with Crippen molar-refractivity contribution in [1.29, 1.82) is 0 Å². The van der Waals surface area contributed by atoms with E-state index in [2.05, 4.69) is 18.0 Å². The van der Waals surface area contributed by atoms with Crippen molar-refractivity contribution >= 4 is 11.6 Å². The first kappa shape index (κ1) is 9.08. The van der Waals surface area contributed by atoms with Gasteiger partial charge in [0.2, 0.25) is 0 Å². The zero-order valence-electron chi connectivity index (χ0n) is 7.09. The molecular weight excluding hydrogens is 158 g/mol. The molecule has 1 nitrogen and oxygen atoms in total. The number of rotatable bonds is 4. The van der Waals surface area contributed by atoms with Crippen molar-refractivity contribution in [1.82, 2.24) is 4.90 Å². The summed E-state index contributed by atoms with van der Waals surface area (Å²) in [5.41, 5.74) is 0. The number of likely N-dealkylation sites (N-methyl/N-ethyl adjacent to an activating group) is 1. The molecule has 64 valence electrons. The van der Waals surface area contributed by atoms with Crippen LogP contribution >= 0.6 is 11.6 Å². The summed E-state index contributed by atoms with van der Waals surface area (Å²) in [4.78, 5) is 2.40. The predicted octanol–water partition coefficient (Wildman–Crippen LogP) is 2.27. The van der Waals surface area contributed by atoms with E-state index < -0.39 is 0 Å². The number of hydrogen-bond acceptors (Lipinski definition) is 1. The average molecular weight is 174 g/mol. The van der Waals surface area contributed by atoms with E-state index in [0.29, 0.717) is 5.88 Å². The Kier molecular flexibility index (Phi) is 3.95. The van der Waals surface area contributed by atoms with E-state index in [1.165, 1.54) is 19.3 Å². The Labute approximate surface area is 74.0 Å². The number of halogens is 1. The van der Waals surface area contributed by atoms with Crippen molar-refractivity contribution in [3.05, 3.63) is 12.2 Å². The van der Waals surface area contributed by atoms with E-state index in [1.807, 2.05) is 6.08 Å². The van der Waals surface area contributed by atoms with Crippen LogP contribution in [0.3, 0.4) is 0 Å². The van der Waals surface area contributed by atoms with Gasteiger partial charge in [-0.3, -0.25) is 4.90 Å². The molecule has 0 aromatic carbocycles. The highest BCUT2D eigenvalue weighted by Crippen LogP contribution is 2.22. The van der Waals surface area contributed by atoms with Crippen molar-refractivity contribution in [2.75, 3.05) is 19.5 Å². The summed E-state index contributed by atoms with van der Waals surface area (Å²) in [6.45, 7) is 1.05. The first-order valence-corrected chi connectivity index (χ1v) is 4.79. The molecule has 11 heavy (non-hydrogen) atoms. The van der Waals surface area contributed by atoms with Crippen LogP contribution in [0.5, 0.6) is 0 Å². The quantitative estimate of drug-likeness (QED) is 0.466. The molecule has 1 rings (SSSR count). The van der Waals surface area contributed by atoms with Crippen LogP contribution in [0.4, 0.5) is 0 Å². The third kappa shape index (κ3) is 2.84. The second-order valence-electron chi connectivity index (χ2n) is 3.15. The zero-order valence-corrected chi connectivity index (χ0v) is 7.85. The van der Waals surface area contributed by atoms with Gasteiger partial charge in [0, 0.05) is 18.5 Å². The van der Waals surface area contributed by atoms with Crippen LogP contribution in [-0.2, 0) is 0 Å². The molecule has 0 heterocycles. The fraction of sp³-hybridized carbons (Fsp3) is 0.778. The number of nitrogens with zero attached hydrogens (tertiary/aromatic N) is 1. The van der Waals surface area contributed by atoms with Gasteiger partial charge in [-0.05, 0) is 19.9 Å². The van der Waals surface area contributed by atoms with Gasteiger partial charge in [0.25, 0.3) is 0 Å². The molecule has 0 bridgehead atoms. The minimum Gasteiger partial charge on any atom is -0.300 e. The molecule has 1 aliphatic carbocycles. The minimum atomic E-state index is 0.637. The summed E-state index contributed by atoms with van der Waals surface area (Å²) in [7, 11) is 2.18. The van der Waals surface area contributed by atoms with Crippen LogP contribution in [0, 0.1) is 0 Å². The van der Waals surface area contributed by atoms with E-state index in [9.17, 15) is 0 Å². The highest BCUT2D eigenvalue weighted by atomic mass is 35.5. The lowest BCUT2D eigenvalue weighted by atomic mass is 9.92. The van der Waals surface area contributed by atoms with E-state index in [1.54, 1.807) is 0 Å². The highest BCUT2D eigenvalue weighted by molar-refractivity contribution is 6.18. The number of alkyl halides is 1. The summed E-state index contributed by atoms with van der Waals surface area (Å²) in [6.07, 6.45) is 8.33. The first-order valence-electron chi connectivity index (χ1n) is 4.26. The molecule has 0 aliphatic heterocycles. The monoisotopic (exact) mass is 173 g/mol. The van der Waals surface area contributed by atoms with Crippen LogP contribution in [0.15, 0.2) is 12.2 Å². The van der Waals surface area contributed by atoms with Crippen molar-refractivity contribution in [2.45, 2.75) is 25.3 Å². The van der Waals surface area contributed by atoms with Crippen LogP contribution in [0.25, 0.3) is 0 Å². The molecule has 1 aliphatic rings. The summed E-state index contributed by atoms with van der Waals surface area (Å²) in [6, 6.07) is 0.843. The maximum Gasteiger partial charge on any atom is 0.0404 e. The number of allylic oxidation sites excluding steroid dienone is 1. The SMILES string of the molecule is CN(C/C=C/CCl)C1CCC1. The van der Waals surface area contributed by atoms with Crippen LogP contribution in [-0.4, -0.2) is 30.4 Å². The van der Waals surface area contributed by atoms with E-state index in [4.69, 9.17) is 11.6 Å². The molecule has 0 amide bonds. The predicted molar refractivity (Wildman–Crippen MR) is 50.1 cm³/mol. The molecular formula is C9H16ClN. The van der Waals surface area contributed by atoms with Crippen molar-refractivity contribution < 1.29 is 0 Å². The standard InChI is InChI=1S/C9H16ClN/c1-11(8-3-2-7-10)9-5-4-6-9/h2-3,9H,4-8H2,1H3/b3-2+. The normalized spacial score (nSPS) is 19.5. The Hall–Kier alpha value is -0.0100. The first-order chi connectivity index (χ1) is 5.34. The molecule has 0 N–H and O–H groups in total. The topological polar surface area (TPSA) is 3.24 Å². The molecule has 1 saturated carbocycles. The smallest absolute Gasteiger partial charge is 0.0404 e. The third-order valence-corrected chi connectivity index (χ3v) is 2.53. The summed E-state index contributed by atoms with van der Waals surface area (Å²) >= 11 is 5.51. The Balaban J connectivity index is 2.09. The van der Waals surface area contributed by atoms with Crippen LogP contribution in [0.1, 0.15) is 19.3 Å². The maximum absolute atomic E-state index is 5.51. The Morgan fingerprint density at radius 3 is 2.64 bits per heavy atom. The molecule has 0 saturated heterocycles. The van der Waals surface area contributed by atoms with Gasteiger partial charge in [-0.25, -0.2) is 0 Å². The van der Waals surface area contributed by atoms with Crippen LogP contribution in [0.2, 0.25) is 0 Å².